The largest absolute Gasteiger partial charge is 0.497 e. The molecular formula is C12H17NO5. The molecule has 0 amide bonds. The number of carbonyl (C=O) groups is 1. The number of carboxylic acid groups (broad SMARTS) is 1. The fourth-order valence-corrected chi connectivity index (χ4v) is 1.49. The first-order valence-corrected chi connectivity index (χ1v) is 5.35. The van der Waals surface area contributed by atoms with Crippen molar-refractivity contribution >= 4 is 5.97 Å². The molecule has 0 aliphatic heterocycles. The molecule has 3 N–H and O–H groups in total. The van der Waals surface area contributed by atoms with E-state index in [1.807, 2.05) is 0 Å². The second-order valence-electron chi connectivity index (χ2n) is 3.62. The first-order chi connectivity index (χ1) is 8.58. The van der Waals surface area contributed by atoms with Gasteiger partial charge >= 0.3 is 5.97 Å². The summed E-state index contributed by atoms with van der Waals surface area (Å²) < 4.78 is 15.3. The minimum absolute atomic E-state index is 0.0931. The van der Waals surface area contributed by atoms with E-state index < -0.39 is 12.0 Å². The van der Waals surface area contributed by atoms with Gasteiger partial charge in [-0.15, -0.1) is 0 Å². The molecule has 0 spiro atoms. The summed E-state index contributed by atoms with van der Waals surface area (Å²) >= 11 is 0. The zero-order chi connectivity index (χ0) is 13.5. The maximum Gasteiger partial charge on any atom is 0.329 e. The molecule has 0 saturated heterocycles. The summed E-state index contributed by atoms with van der Waals surface area (Å²) in [6.45, 7) is -0.282. The number of methoxy groups -OCH3 is 2. The molecule has 0 aliphatic rings. The van der Waals surface area contributed by atoms with E-state index in [0.29, 0.717) is 17.1 Å². The lowest BCUT2D eigenvalue weighted by molar-refractivity contribution is -0.142. The Labute approximate surface area is 105 Å². The van der Waals surface area contributed by atoms with Crippen molar-refractivity contribution in [2.75, 3.05) is 27.4 Å². The average Bonchev–Trinajstić information content (AvgIpc) is 2.37. The minimum atomic E-state index is -1.03. The second-order valence-corrected chi connectivity index (χ2v) is 3.62. The number of ether oxygens (including phenoxy) is 3. The summed E-state index contributed by atoms with van der Waals surface area (Å²) in [6, 6.07) is 4.76. The Morgan fingerprint density at radius 3 is 2.67 bits per heavy atom. The average molecular weight is 255 g/mol. The highest BCUT2D eigenvalue weighted by Crippen LogP contribution is 2.28. The molecule has 1 aromatic carbocycles. The molecule has 18 heavy (non-hydrogen) atoms. The number of aliphatic carboxylic acids is 1. The zero-order valence-electron chi connectivity index (χ0n) is 10.4. The van der Waals surface area contributed by atoms with Gasteiger partial charge in [-0.1, -0.05) is 0 Å². The lowest BCUT2D eigenvalue weighted by atomic mass is 10.1. The third kappa shape index (κ3) is 3.90. The highest BCUT2D eigenvalue weighted by molar-refractivity contribution is 5.68. The van der Waals surface area contributed by atoms with Gasteiger partial charge in [-0.25, -0.2) is 4.79 Å². The van der Waals surface area contributed by atoms with Gasteiger partial charge in [0.2, 0.25) is 0 Å². The van der Waals surface area contributed by atoms with Gasteiger partial charge < -0.3 is 25.1 Å². The van der Waals surface area contributed by atoms with Crippen molar-refractivity contribution in [1.29, 1.82) is 0 Å². The summed E-state index contributed by atoms with van der Waals surface area (Å²) in [5.74, 6) is 0.238. The lowest BCUT2D eigenvalue weighted by Crippen LogP contribution is -2.20. The Kier molecular flexibility index (Phi) is 5.41. The van der Waals surface area contributed by atoms with E-state index in [-0.39, 0.29) is 13.2 Å². The number of hydrogen-bond acceptors (Lipinski definition) is 5. The molecule has 100 valence electrons. The van der Waals surface area contributed by atoms with Crippen LogP contribution >= 0.6 is 0 Å². The molecule has 0 aliphatic carbocycles. The van der Waals surface area contributed by atoms with E-state index in [1.54, 1.807) is 25.3 Å². The van der Waals surface area contributed by atoms with Crippen molar-refractivity contribution in [3.63, 3.8) is 0 Å². The number of benzene rings is 1. The van der Waals surface area contributed by atoms with Crippen molar-refractivity contribution in [1.82, 2.24) is 0 Å². The van der Waals surface area contributed by atoms with Gasteiger partial charge in [0.25, 0.3) is 0 Å². The van der Waals surface area contributed by atoms with Crippen LogP contribution in [0.2, 0.25) is 0 Å². The van der Waals surface area contributed by atoms with Crippen LogP contribution in [0.1, 0.15) is 11.6 Å². The molecular weight excluding hydrogens is 238 g/mol. The molecule has 6 nitrogen and oxygen atoms in total. The van der Waals surface area contributed by atoms with E-state index in [0.717, 1.165) is 0 Å². The molecule has 1 atom stereocenters. The van der Waals surface area contributed by atoms with Crippen LogP contribution in [-0.4, -0.2) is 38.5 Å². The maximum absolute atomic E-state index is 10.3. The Morgan fingerprint density at radius 2 is 2.11 bits per heavy atom. The number of nitrogens with two attached hydrogens (primary N) is 1. The van der Waals surface area contributed by atoms with Crippen molar-refractivity contribution in [2.24, 2.45) is 5.73 Å². The van der Waals surface area contributed by atoms with Crippen LogP contribution in [-0.2, 0) is 9.53 Å². The minimum Gasteiger partial charge on any atom is -0.497 e. The third-order valence-corrected chi connectivity index (χ3v) is 2.36. The molecule has 1 rings (SSSR count). The summed E-state index contributed by atoms with van der Waals surface area (Å²) in [6.07, 6.45) is 0. The van der Waals surface area contributed by atoms with Crippen LogP contribution in [0.3, 0.4) is 0 Å². The number of hydrogen-bond donors (Lipinski definition) is 2. The zero-order valence-corrected chi connectivity index (χ0v) is 10.4. The molecule has 1 aromatic rings. The lowest BCUT2D eigenvalue weighted by Gasteiger charge is -2.16. The van der Waals surface area contributed by atoms with Gasteiger partial charge in [0.15, 0.2) is 0 Å². The van der Waals surface area contributed by atoms with Crippen molar-refractivity contribution in [3.05, 3.63) is 23.8 Å². The summed E-state index contributed by atoms with van der Waals surface area (Å²) in [4.78, 5) is 10.3. The summed E-state index contributed by atoms with van der Waals surface area (Å²) in [7, 11) is 3.09. The SMILES string of the molecule is COc1ccc(OC)c(C(N)COCC(=O)O)c1. The number of rotatable bonds is 7. The van der Waals surface area contributed by atoms with E-state index in [1.165, 1.54) is 7.11 Å². The quantitative estimate of drug-likeness (QED) is 0.749. The van der Waals surface area contributed by atoms with Crippen LogP contribution in [0.5, 0.6) is 11.5 Å². The molecule has 0 fully saturated rings. The van der Waals surface area contributed by atoms with Crippen molar-refractivity contribution in [3.8, 4) is 11.5 Å². The molecule has 0 radical (unpaired) electrons. The molecule has 0 aromatic heterocycles. The first-order valence-electron chi connectivity index (χ1n) is 5.35. The standard InChI is InChI=1S/C12H17NO5/c1-16-8-3-4-11(17-2)9(5-8)10(13)6-18-7-12(14)15/h3-5,10H,6-7,13H2,1-2H3,(H,14,15). The van der Waals surface area contributed by atoms with Crippen molar-refractivity contribution in [2.45, 2.75) is 6.04 Å². The Hall–Kier alpha value is -1.79. The maximum atomic E-state index is 10.3. The van der Waals surface area contributed by atoms with Gasteiger partial charge in [0.05, 0.1) is 26.9 Å². The van der Waals surface area contributed by atoms with Crippen LogP contribution in [0.25, 0.3) is 0 Å². The first kappa shape index (κ1) is 14.3. The molecule has 0 bridgehead atoms. The second kappa shape index (κ2) is 6.83. The smallest absolute Gasteiger partial charge is 0.329 e. The molecule has 0 saturated carbocycles. The van der Waals surface area contributed by atoms with Crippen molar-refractivity contribution < 1.29 is 24.1 Å². The molecule has 6 heteroatoms. The predicted molar refractivity (Wildman–Crippen MR) is 64.9 cm³/mol. The summed E-state index contributed by atoms with van der Waals surface area (Å²) in [5.41, 5.74) is 6.64. The highest BCUT2D eigenvalue weighted by Gasteiger charge is 2.14. The normalized spacial score (nSPS) is 11.9. The van der Waals surface area contributed by atoms with E-state index in [9.17, 15) is 4.79 Å². The van der Waals surface area contributed by atoms with Gasteiger partial charge in [-0.2, -0.15) is 0 Å². The van der Waals surface area contributed by atoms with Crippen LogP contribution in [0.15, 0.2) is 18.2 Å². The number of carboxylic acids is 1. The molecule has 1 unspecified atom stereocenters. The van der Waals surface area contributed by atoms with Crippen LogP contribution < -0.4 is 15.2 Å². The Balaban J connectivity index is 2.75. The Morgan fingerprint density at radius 1 is 1.39 bits per heavy atom. The van der Waals surface area contributed by atoms with E-state index in [4.69, 9.17) is 25.1 Å². The van der Waals surface area contributed by atoms with E-state index in [2.05, 4.69) is 0 Å². The summed E-state index contributed by atoms with van der Waals surface area (Å²) in [5, 5.41) is 8.47. The van der Waals surface area contributed by atoms with Gasteiger partial charge in [-0.3, -0.25) is 0 Å². The Bertz CT molecular complexity index is 407. The van der Waals surface area contributed by atoms with Gasteiger partial charge in [-0.05, 0) is 18.2 Å². The predicted octanol–water partition coefficient (Wildman–Crippen LogP) is 0.805. The van der Waals surface area contributed by atoms with Crippen LogP contribution in [0.4, 0.5) is 0 Å². The highest BCUT2D eigenvalue weighted by atomic mass is 16.5. The fraction of sp³-hybridized carbons (Fsp3) is 0.417. The van der Waals surface area contributed by atoms with Gasteiger partial charge in [0, 0.05) is 5.56 Å². The van der Waals surface area contributed by atoms with Gasteiger partial charge in [0.1, 0.15) is 18.1 Å². The molecule has 0 heterocycles. The monoisotopic (exact) mass is 255 g/mol. The topological polar surface area (TPSA) is 91.0 Å². The van der Waals surface area contributed by atoms with E-state index >= 15 is 0 Å². The third-order valence-electron chi connectivity index (χ3n) is 2.36. The van der Waals surface area contributed by atoms with Crippen LogP contribution in [0, 0.1) is 0 Å². The fourth-order valence-electron chi connectivity index (χ4n) is 1.49.